The first-order chi connectivity index (χ1) is 24.5. The first-order valence-electron chi connectivity index (χ1n) is 18.9. The molecule has 4 fully saturated rings. The van der Waals surface area contributed by atoms with Crippen molar-refractivity contribution in [3.63, 3.8) is 0 Å². The second-order valence-corrected chi connectivity index (χ2v) is 16.6. The minimum atomic E-state index is -0.0607. The van der Waals surface area contributed by atoms with Gasteiger partial charge in [0.15, 0.2) is 0 Å². The molecule has 6 aliphatic carbocycles. The second-order valence-electron chi connectivity index (χ2n) is 16.6. The van der Waals surface area contributed by atoms with E-state index in [9.17, 15) is 0 Å². The number of rotatable bonds is 4. The number of nitrogens with zero attached hydrogens (tertiary/aromatic N) is 1. The lowest BCUT2D eigenvalue weighted by atomic mass is 9.43. The van der Waals surface area contributed by atoms with Gasteiger partial charge in [0.05, 0.1) is 0 Å². The van der Waals surface area contributed by atoms with Gasteiger partial charge in [-0.3, -0.25) is 0 Å². The second kappa shape index (κ2) is 10.3. The average molecular weight is 646 g/mol. The number of hydrogen-bond donors (Lipinski definition) is 0. The van der Waals surface area contributed by atoms with E-state index in [1.165, 1.54) is 93.7 Å². The van der Waals surface area contributed by atoms with E-state index < -0.39 is 0 Å². The van der Waals surface area contributed by atoms with Crippen LogP contribution in [0.15, 0.2) is 140 Å². The van der Waals surface area contributed by atoms with Crippen LogP contribution in [0.4, 0.5) is 17.1 Å². The Morgan fingerprint density at radius 1 is 0.420 bits per heavy atom. The van der Waals surface area contributed by atoms with Crippen LogP contribution in [0.1, 0.15) is 68.2 Å². The molecule has 6 aromatic rings. The molecule has 0 atom stereocenters. The smallest absolute Gasteiger partial charge is 0.0465 e. The highest BCUT2D eigenvalue weighted by Gasteiger charge is 2.61. The highest BCUT2D eigenvalue weighted by molar-refractivity contribution is 5.89. The standard InChI is InChI=1S/C49H43N/c1-48(2)44-14-8-6-12-40(44)42-22-20-38(29-46(42)48)50(37-18-16-34(17-19-37)33-10-4-3-5-11-33)39-21-23-43-41-13-7-9-15-45(41)49(47(43)30-39)35-25-31-24-32(27-35)28-36(49)26-31/h3-23,29-32,35-36H,24-28H2,1-2H3/t31-,32?,35-,36+,49?. The summed E-state index contributed by atoms with van der Waals surface area (Å²) in [5.41, 5.74) is 18.0. The summed E-state index contributed by atoms with van der Waals surface area (Å²) in [5, 5.41) is 0. The van der Waals surface area contributed by atoms with Gasteiger partial charge in [-0.25, -0.2) is 0 Å². The summed E-state index contributed by atoms with van der Waals surface area (Å²) in [6.45, 7) is 4.78. The maximum absolute atomic E-state index is 2.63. The van der Waals surface area contributed by atoms with E-state index in [1.54, 1.807) is 11.1 Å². The van der Waals surface area contributed by atoms with Gasteiger partial charge in [0.1, 0.15) is 0 Å². The molecule has 1 heteroatoms. The maximum atomic E-state index is 2.63. The molecule has 4 saturated carbocycles. The Kier molecular flexibility index (Phi) is 5.97. The van der Waals surface area contributed by atoms with E-state index in [0.717, 1.165) is 23.7 Å². The van der Waals surface area contributed by atoms with Crippen LogP contribution in [-0.4, -0.2) is 0 Å². The van der Waals surface area contributed by atoms with Crippen molar-refractivity contribution in [2.75, 3.05) is 4.90 Å². The molecule has 0 aliphatic heterocycles. The van der Waals surface area contributed by atoms with Crippen LogP contribution in [0.25, 0.3) is 33.4 Å². The topological polar surface area (TPSA) is 3.24 Å². The van der Waals surface area contributed by atoms with Crippen LogP contribution < -0.4 is 4.90 Å². The fraction of sp³-hybridized carbons (Fsp3) is 0.265. The van der Waals surface area contributed by atoms with Crippen molar-refractivity contribution in [3.05, 3.63) is 162 Å². The third-order valence-electron chi connectivity index (χ3n) is 13.9. The van der Waals surface area contributed by atoms with Gasteiger partial charge in [-0.2, -0.15) is 0 Å². The van der Waals surface area contributed by atoms with E-state index in [0.29, 0.717) is 0 Å². The Hall–Kier alpha value is -4.88. The van der Waals surface area contributed by atoms with Crippen molar-refractivity contribution >= 4 is 17.1 Å². The quantitative estimate of drug-likeness (QED) is 0.184. The summed E-state index contributed by atoms with van der Waals surface area (Å²) in [6.07, 6.45) is 7.07. The molecule has 0 amide bonds. The van der Waals surface area contributed by atoms with Gasteiger partial charge >= 0.3 is 0 Å². The van der Waals surface area contributed by atoms with Gasteiger partial charge in [0.25, 0.3) is 0 Å². The van der Waals surface area contributed by atoms with Gasteiger partial charge in [-0.15, -0.1) is 0 Å². The summed E-state index contributed by atoms with van der Waals surface area (Å²) in [6, 6.07) is 53.2. The van der Waals surface area contributed by atoms with Crippen molar-refractivity contribution in [2.45, 2.75) is 56.8 Å². The molecule has 1 spiro atoms. The molecule has 0 heterocycles. The monoisotopic (exact) mass is 645 g/mol. The Morgan fingerprint density at radius 3 is 1.56 bits per heavy atom. The molecule has 0 aromatic heterocycles. The van der Waals surface area contributed by atoms with Crippen molar-refractivity contribution in [3.8, 4) is 33.4 Å². The zero-order valence-corrected chi connectivity index (χ0v) is 29.1. The molecule has 244 valence electrons. The summed E-state index contributed by atoms with van der Waals surface area (Å²) in [7, 11) is 0. The Balaban J connectivity index is 1.10. The molecule has 0 radical (unpaired) electrons. The Labute approximate surface area is 296 Å². The molecule has 6 aliphatic rings. The van der Waals surface area contributed by atoms with Gasteiger partial charge in [-0.05, 0) is 148 Å². The Bertz CT molecular complexity index is 2280. The highest BCUT2D eigenvalue weighted by Crippen LogP contribution is 2.69. The summed E-state index contributed by atoms with van der Waals surface area (Å²) >= 11 is 0. The molecule has 12 rings (SSSR count). The van der Waals surface area contributed by atoms with E-state index in [1.807, 2.05) is 0 Å². The number of fused-ring (bicyclic) bond motifs is 6. The third-order valence-corrected chi connectivity index (χ3v) is 13.9. The summed E-state index contributed by atoms with van der Waals surface area (Å²) in [4.78, 5) is 2.54. The van der Waals surface area contributed by atoms with Crippen molar-refractivity contribution in [2.24, 2.45) is 23.7 Å². The fourth-order valence-corrected chi connectivity index (χ4v) is 12.0. The molecular weight excluding hydrogens is 603 g/mol. The van der Waals surface area contributed by atoms with E-state index in [4.69, 9.17) is 0 Å². The zero-order valence-electron chi connectivity index (χ0n) is 29.1. The van der Waals surface area contributed by atoms with Crippen LogP contribution in [0.5, 0.6) is 0 Å². The van der Waals surface area contributed by atoms with Gasteiger partial charge < -0.3 is 4.90 Å². The molecule has 50 heavy (non-hydrogen) atoms. The van der Waals surface area contributed by atoms with Crippen LogP contribution in [-0.2, 0) is 10.8 Å². The predicted octanol–water partition coefficient (Wildman–Crippen LogP) is 12.9. The molecule has 0 N–H and O–H groups in total. The third kappa shape index (κ3) is 3.84. The van der Waals surface area contributed by atoms with Gasteiger partial charge in [0, 0.05) is 27.9 Å². The molecule has 0 unspecified atom stereocenters. The minimum Gasteiger partial charge on any atom is -0.310 e. The van der Waals surface area contributed by atoms with Crippen LogP contribution in [0.2, 0.25) is 0 Å². The maximum Gasteiger partial charge on any atom is 0.0465 e. The lowest BCUT2D eigenvalue weighted by Crippen LogP contribution is -2.55. The zero-order chi connectivity index (χ0) is 33.2. The van der Waals surface area contributed by atoms with Crippen LogP contribution in [0.3, 0.4) is 0 Å². The SMILES string of the molecule is CC1(C)c2ccccc2-c2ccc(N(c3ccc(-c4ccccc4)cc3)c3ccc4c(c3)C3(c5ccccc5-4)[C@H]4CC5C[C@H](C4)C[C@H]3C5)cc21. The lowest BCUT2D eigenvalue weighted by Gasteiger charge is -2.61. The summed E-state index contributed by atoms with van der Waals surface area (Å²) in [5.74, 6) is 3.35. The molecule has 4 bridgehead atoms. The van der Waals surface area contributed by atoms with Crippen molar-refractivity contribution in [1.82, 2.24) is 0 Å². The lowest BCUT2D eigenvalue weighted by molar-refractivity contribution is -0.0399. The molecule has 0 saturated heterocycles. The average Bonchev–Trinajstić information content (AvgIpc) is 3.57. The first-order valence-corrected chi connectivity index (χ1v) is 18.9. The number of hydrogen-bond acceptors (Lipinski definition) is 1. The highest BCUT2D eigenvalue weighted by atomic mass is 15.1. The normalized spacial score (nSPS) is 25.6. The van der Waals surface area contributed by atoms with Crippen LogP contribution in [0, 0.1) is 23.7 Å². The van der Waals surface area contributed by atoms with E-state index >= 15 is 0 Å². The molecule has 1 nitrogen and oxygen atoms in total. The molecular formula is C49H43N. The predicted molar refractivity (Wildman–Crippen MR) is 207 cm³/mol. The Morgan fingerprint density at radius 2 is 0.900 bits per heavy atom. The number of anilines is 3. The van der Waals surface area contributed by atoms with Crippen molar-refractivity contribution in [1.29, 1.82) is 0 Å². The minimum absolute atomic E-state index is 0.0607. The largest absolute Gasteiger partial charge is 0.310 e. The van der Waals surface area contributed by atoms with Gasteiger partial charge in [0.2, 0.25) is 0 Å². The van der Waals surface area contributed by atoms with Crippen LogP contribution >= 0.6 is 0 Å². The first kappa shape index (κ1) is 28.9. The van der Waals surface area contributed by atoms with E-state index in [2.05, 4.69) is 158 Å². The summed E-state index contributed by atoms with van der Waals surface area (Å²) < 4.78 is 0. The van der Waals surface area contributed by atoms with Crippen molar-refractivity contribution < 1.29 is 0 Å². The van der Waals surface area contributed by atoms with E-state index in [-0.39, 0.29) is 10.8 Å². The fourth-order valence-electron chi connectivity index (χ4n) is 12.0. The van der Waals surface area contributed by atoms with Gasteiger partial charge in [-0.1, -0.05) is 117 Å². The number of benzene rings is 6. The molecule has 6 aromatic carbocycles.